The van der Waals surface area contributed by atoms with Gasteiger partial charge >= 0.3 is 5.97 Å². The molecule has 1 atom stereocenters. The number of halogens is 1. The van der Waals surface area contributed by atoms with E-state index in [1.165, 1.54) is 13.5 Å². The molecule has 1 fully saturated rings. The van der Waals surface area contributed by atoms with Crippen LogP contribution in [0.5, 0.6) is 0 Å². The van der Waals surface area contributed by atoms with Crippen LogP contribution in [0.3, 0.4) is 0 Å². The zero-order valence-corrected chi connectivity index (χ0v) is 11.3. The largest absolute Gasteiger partial charge is 0.469 e. The fraction of sp³-hybridized carbons (Fsp3) is 0.500. The van der Waals surface area contributed by atoms with Gasteiger partial charge in [0.25, 0.3) is 0 Å². The molecule has 1 saturated heterocycles. The Kier molecular flexibility index (Phi) is 4.61. The number of carbonyl (C=O) groups excluding carboxylic acids is 1. The van der Waals surface area contributed by atoms with Crippen molar-refractivity contribution in [3.05, 3.63) is 34.3 Å². The minimum Gasteiger partial charge on any atom is -0.469 e. The van der Waals surface area contributed by atoms with Gasteiger partial charge in [0.2, 0.25) is 0 Å². The molecule has 0 spiro atoms. The quantitative estimate of drug-likeness (QED) is 0.856. The highest BCUT2D eigenvalue weighted by Gasteiger charge is 2.18. The molecule has 0 radical (unpaired) electrons. The number of rotatable bonds is 3. The number of methoxy groups -OCH3 is 1. The summed E-state index contributed by atoms with van der Waals surface area (Å²) >= 11 is 6.26. The van der Waals surface area contributed by atoms with Gasteiger partial charge in [0.15, 0.2) is 0 Å². The van der Waals surface area contributed by atoms with Gasteiger partial charge in [-0.15, -0.1) is 0 Å². The first-order valence-corrected chi connectivity index (χ1v) is 6.64. The van der Waals surface area contributed by atoms with Crippen LogP contribution in [0.2, 0.25) is 5.02 Å². The number of ether oxygens (including phenoxy) is 1. The van der Waals surface area contributed by atoms with Crippen molar-refractivity contribution in [3.8, 4) is 0 Å². The average molecular weight is 268 g/mol. The average Bonchev–Trinajstić information content (AvgIpc) is 2.42. The highest BCUT2D eigenvalue weighted by atomic mass is 35.5. The van der Waals surface area contributed by atoms with Crippen molar-refractivity contribution in [2.75, 3.05) is 20.2 Å². The summed E-state index contributed by atoms with van der Waals surface area (Å²) in [5.41, 5.74) is 2.11. The third-order valence-electron chi connectivity index (χ3n) is 3.37. The zero-order chi connectivity index (χ0) is 13.0. The van der Waals surface area contributed by atoms with Crippen molar-refractivity contribution in [1.82, 2.24) is 5.32 Å². The molecular formula is C14H18ClNO2. The lowest BCUT2D eigenvalue weighted by molar-refractivity contribution is -0.139. The molecule has 1 aliphatic heterocycles. The van der Waals surface area contributed by atoms with E-state index in [2.05, 4.69) is 10.1 Å². The molecule has 0 aromatic heterocycles. The molecule has 1 N–H and O–H groups in total. The maximum absolute atomic E-state index is 11.3. The molecule has 18 heavy (non-hydrogen) atoms. The molecule has 1 aromatic carbocycles. The van der Waals surface area contributed by atoms with E-state index in [4.69, 9.17) is 11.6 Å². The van der Waals surface area contributed by atoms with Gasteiger partial charge in [-0.05, 0) is 42.5 Å². The Morgan fingerprint density at radius 3 is 3.06 bits per heavy atom. The Labute approximate surface area is 112 Å². The molecule has 98 valence electrons. The second-order valence-corrected chi connectivity index (χ2v) is 5.06. The third-order valence-corrected chi connectivity index (χ3v) is 3.72. The van der Waals surface area contributed by atoms with E-state index in [9.17, 15) is 4.79 Å². The first-order valence-electron chi connectivity index (χ1n) is 6.26. The summed E-state index contributed by atoms with van der Waals surface area (Å²) in [6.07, 6.45) is 2.62. The maximum Gasteiger partial charge on any atom is 0.309 e. The van der Waals surface area contributed by atoms with E-state index in [0.717, 1.165) is 35.7 Å². The Hall–Kier alpha value is -1.06. The lowest BCUT2D eigenvalue weighted by Gasteiger charge is -2.24. The fourth-order valence-electron chi connectivity index (χ4n) is 2.37. The Balaban J connectivity index is 2.17. The Morgan fingerprint density at radius 2 is 2.39 bits per heavy atom. The summed E-state index contributed by atoms with van der Waals surface area (Å²) in [6.45, 7) is 2.04. The van der Waals surface area contributed by atoms with E-state index in [1.807, 2.05) is 18.2 Å². The lowest BCUT2D eigenvalue weighted by atomic mass is 9.90. The zero-order valence-electron chi connectivity index (χ0n) is 10.5. The number of esters is 1. The smallest absolute Gasteiger partial charge is 0.309 e. The van der Waals surface area contributed by atoms with Gasteiger partial charge in [-0.3, -0.25) is 4.79 Å². The van der Waals surface area contributed by atoms with Crippen LogP contribution in [0.1, 0.15) is 29.9 Å². The Bertz CT molecular complexity index is 428. The number of hydrogen-bond acceptors (Lipinski definition) is 3. The van der Waals surface area contributed by atoms with E-state index in [-0.39, 0.29) is 5.97 Å². The van der Waals surface area contributed by atoms with Gasteiger partial charge in [-0.1, -0.05) is 23.7 Å². The van der Waals surface area contributed by atoms with Crippen molar-refractivity contribution < 1.29 is 9.53 Å². The molecule has 1 heterocycles. The number of hydrogen-bond donors (Lipinski definition) is 1. The van der Waals surface area contributed by atoms with E-state index in [1.54, 1.807) is 0 Å². The van der Waals surface area contributed by atoms with Gasteiger partial charge < -0.3 is 10.1 Å². The van der Waals surface area contributed by atoms with Crippen LogP contribution in [-0.4, -0.2) is 26.2 Å². The summed E-state index contributed by atoms with van der Waals surface area (Å²) in [6, 6.07) is 5.81. The molecule has 0 aliphatic carbocycles. The molecule has 0 amide bonds. The summed E-state index contributed by atoms with van der Waals surface area (Å²) in [5.74, 6) is 0.230. The standard InChI is InChI=1S/C14H18ClNO2/c1-18-14(17)8-10-4-5-13(15)12(7-10)11-3-2-6-16-9-11/h4-5,7,11,16H,2-3,6,8-9H2,1H3. The third kappa shape index (κ3) is 3.24. The number of carbonyl (C=O) groups is 1. The maximum atomic E-state index is 11.3. The van der Waals surface area contributed by atoms with Crippen molar-refractivity contribution in [2.24, 2.45) is 0 Å². The van der Waals surface area contributed by atoms with Gasteiger partial charge in [-0.2, -0.15) is 0 Å². The first kappa shape index (κ1) is 13.4. The summed E-state index contributed by atoms with van der Waals surface area (Å²) in [4.78, 5) is 11.3. The van der Waals surface area contributed by atoms with Gasteiger partial charge in [0.1, 0.15) is 0 Å². The molecule has 4 heteroatoms. The highest BCUT2D eigenvalue weighted by Crippen LogP contribution is 2.30. The molecule has 3 nitrogen and oxygen atoms in total. The normalized spacial score (nSPS) is 19.6. The van der Waals surface area contributed by atoms with Gasteiger partial charge in [0.05, 0.1) is 13.5 Å². The second kappa shape index (κ2) is 6.21. The van der Waals surface area contributed by atoms with Gasteiger partial charge in [-0.25, -0.2) is 0 Å². The minimum absolute atomic E-state index is 0.218. The van der Waals surface area contributed by atoms with E-state index >= 15 is 0 Å². The minimum atomic E-state index is -0.218. The molecule has 1 aromatic rings. The van der Waals surface area contributed by atoms with Gasteiger partial charge in [0, 0.05) is 11.6 Å². The lowest BCUT2D eigenvalue weighted by Crippen LogP contribution is -2.28. The topological polar surface area (TPSA) is 38.3 Å². The molecular weight excluding hydrogens is 250 g/mol. The predicted molar refractivity (Wildman–Crippen MR) is 72.0 cm³/mol. The first-order chi connectivity index (χ1) is 8.70. The van der Waals surface area contributed by atoms with E-state index < -0.39 is 0 Å². The summed E-state index contributed by atoms with van der Waals surface area (Å²) in [7, 11) is 1.41. The number of piperidine rings is 1. The molecule has 1 aliphatic rings. The van der Waals surface area contributed by atoms with Crippen molar-refractivity contribution in [3.63, 3.8) is 0 Å². The highest BCUT2D eigenvalue weighted by molar-refractivity contribution is 6.31. The predicted octanol–water partition coefficient (Wildman–Crippen LogP) is 2.52. The Morgan fingerprint density at radius 1 is 1.56 bits per heavy atom. The monoisotopic (exact) mass is 267 g/mol. The van der Waals surface area contributed by atoms with Crippen molar-refractivity contribution >= 4 is 17.6 Å². The van der Waals surface area contributed by atoms with Crippen LogP contribution in [0, 0.1) is 0 Å². The SMILES string of the molecule is COC(=O)Cc1ccc(Cl)c(C2CCCNC2)c1. The number of nitrogens with one attached hydrogen (secondary N) is 1. The fourth-order valence-corrected chi connectivity index (χ4v) is 2.64. The second-order valence-electron chi connectivity index (χ2n) is 4.65. The molecule has 0 saturated carbocycles. The molecule has 1 unspecified atom stereocenters. The van der Waals surface area contributed by atoms with Crippen molar-refractivity contribution in [1.29, 1.82) is 0 Å². The summed E-state index contributed by atoms with van der Waals surface area (Å²) < 4.78 is 4.69. The number of benzene rings is 1. The van der Waals surface area contributed by atoms with Crippen LogP contribution in [0.15, 0.2) is 18.2 Å². The van der Waals surface area contributed by atoms with Crippen LogP contribution in [0.25, 0.3) is 0 Å². The molecule has 2 rings (SSSR count). The summed E-state index contributed by atoms with van der Waals surface area (Å²) in [5, 5.41) is 4.17. The van der Waals surface area contributed by atoms with Crippen LogP contribution in [-0.2, 0) is 16.0 Å². The molecule has 0 bridgehead atoms. The van der Waals surface area contributed by atoms with Crippen LogP contribution < -0.4 is 5.32 Å². The van der Waals surface area contributed by atoms with Crippen LogP contribution >= 0.6 is 11.6 Å². The van der Waals surface area contributed by atoms with Crippen LogP contribution in [0.4, 0.5) is 0 Å². The van der Waals surface area contributed by atoms with Crippen molar-refractivity contribution in [2.45, 2.75) is 25.2 Å². The van der Waals surface area contributed by atoms with E-state index in [0.29, 0.717) is 12.3 Å².